The van der Waals surface area contributed by atoms with Crippen LogP contribution in [0.15, 0.2) is 6.07 Å². The second kappa shape index (κ2) is 4.97. The van der Waals surface area contributed by atoms with E-state index < -0.39 is 5.97 Å². The summed E-state index contributed by atoms with van der Waals surface area (Å²) in [7, 11) is 1.49. The normalized spacial score (nSPS) is 10.1. The fourth-order valence-corrected chi connectivity index (χ4v) is 1.85. The van der Waals surface area contributed by atoms with Crippen molar-refractivity contribution in [3.63, 3.8) is 0 Å². The number of carboxylic acid groups (broad SMARTS) is 1. The summed E-state index contributed by atoms with van der Waals surface area (Å²) in [4.78, 5) is 12.0. The molecule has 0 bridgehead atoms. The third kappa shape index (κ3) is 2.46. The zero-order chi connectivity index (χ0) is 10.6. The Labute approximate surface area is 86.1 Å². The molecule has 0 aliphatic rings. The van der Waals surface area contributed by atoms with Crippen LogP contribution in [0, 0.1) is 0 Å². The van der Waals surface area contributed by atoms with E-state index in [4.69, 9.17) is 14.6 Å². The number of thiophene rings is 1. The van der Waals surface area contributed by atoms with Crippen LogP contribution in [0.25, 0.3) is 0 Å². The molecule has 5 heteroatoms. The topological polar surface area (TPSA) is 55.8 Å². The van der Waals surface area contributed by atoms with E-state index in [9.17, 15) is 4.79 Å². The van der Waals surface area contributed by atoms with Crippen molar-refractivity contribution < 1.29 is 19.4 Å². The Morgan fingerprint density at radius 1 is 1.64 bits per heavy atom. The van der Waals surface area contributed by atoms with Gasteiger partial charge in [-0.25, -0.2) is 4.79 Å². The van der Waals surface area contributed by atoms with Crippen molar-refractivity contribution in [3.05, 3.63) is 15.8 Å². The minimum atomic E-state index is -0.958. The minimum Gasteiger partial charge on any atom is -0.477 e. The van der Waals surface area contributed by atoms with Gasteiger partial charge in [0.25, 0.3) is 0 Å². The highest BCUT2D eigenvalue weighted by Crippen LogP contribution is 2.29. The molecule has 14 heavy (non-hydrogen) atoms. The van der Waals surface area contributed by atoms with Gasteiger partial charge in [0, 0.05) is 12.0 Å². The van der Waals surface area contributed by atoms with Crippen LogP contribution < -0.4 is 4.74 Å². The van der Waals surface area contributed by atoms with Gasteiger partial charge in [0.05, 0.1) is 0 Å². The smallest absolute Gasteiger partial charge is 0.349 e. The first kappa shape index (κ1) is 11.0. The summed E-state index contributed by atoms with van der Waals surface area (Å²) in [6, 6.07) is 1.74. The predicted molar refractivity (Wildman–Crippen MR) is 53.2 cm³/mol. The SMILES string of the molecule is CCc1cc(OCOC)c(C(=O)O)s1. The molecule has 1 rings (SSSR count). The number of ether oxygens (including phenoxy) is 2. The molecule has 0 aliphatic heterocycles. The van der Waals surface area contributed by atoms with Crippen molar-refractivity contribution in [2.24, 2.45) is 0 Å². The lowest BCUT2D eigenvalue weighted by molar-refractivity contribution is 0.0489. The average Bonchev–Trinajstić information content (AvgIpc) is 2.58. The van der Waals surface area contributed by atoms with E-state index in [0.717, 1.165) is 11.3 Å². The maximum absolute atomic E-state index is 10.8. The van der Waals surface area contributed by atoms with Crippen LogP contribution in [0.2, 0.25) is 0 Å². The number of carboxylic acids is 1. The van der Waals surface area contributed by atoms with Crippen LogP contribution in [-0.2, 0) is 11.2 Å². The van der Waals surface area contributed by atoms with E-state index in [0.29, 0.717) is 5.75 Å². The molecule has 1 aromatic heterocycles. The minimum absolute atomic E-state index is 0.0696. The van der Waals surface area contributed by atoms with Crippen molar-refractivity contribution in [2.75, 3.05) is 13.9 Å². The number of aromatic carboxylic acids is 1. The zero-order valence-electron chi connectivity index (χ0n) is 8.07. The summed E-state index contributed by atoms with van der Waals surface area (Å²) in [5, 5.41) is 8.86. The van der Waals surface area contributed by atoms with Crippen LogP contribution in [0.4, 0.5) is 0 Å². The van der Waals surface area contributed by atoms with Gasteiger partial charge in [-0.3, -0.25) is 0 Å². The Kier molecular flexibility index (Phi) is 3.91. The number of hydrogen-bond donors (Lipinski definition) is 1. The Hall–Kier alpha value is -1.07. The third-order valence-electron chi connectivity index (χ3n) is 1.62. The van der Waals surface area contributed by atoms with Crippen molar-refractivity contribution in [1.29, 1.82) is 0 Å². The van der Waals surface area contributed by atoms with Crippen molar-refractivity contribution >= 4 is 17.3 Å². The molecule has 1 N–H and O–H groups in total. The summed E-state index contributed by atoms with van der Waals surface area (Å²) >= 11 is 1.24. The molecular formula is C9H12O4S. The number of carbonyl (C=O) groups is 1. The first-order chi connectivity index (χ1) is 6.69. The molecule has 1 aromatic rings. The van der Waals surface area contributed by atoms with Gasteiger partial charge in [-0.1, -0.05) is 6.92 Å². The van der Waals surface area contributed by atoms with Gasteiger partial charge in [-0.05, 0) is 12.5 Å². The molecule has 0 radical (unpaired) electrons. The molecule has 0 spiro atoms. The summed E-state index contributed by atoms with van der Waals surface area (Å²) in [5.41, 5.74) is 0. The number of methoxy groups -OCH3 is 1. The monoisotopic (exact) mass is 216 g/mol. The molecule has 0 atom stereocenters. The first-order valence-electron chi connectivity index (χ1n) is 4.16. The maximum atomic E-state index is 10.8. The van der Waals surface area contributed by atoms with E-state index in [1.54, 1.807) is 6.07 Å². The summed E-state index contributed by atoms with van der Waals surface area (Å²) < 4.78 is 9.85. The van der Waals surface area contributed by atoms with Crippen LogP contribution in [0.3, 0.4) is 0 Å². The highest BCUT2D eigenvalue weighted by Gasteiger charge is 2.15. The quantitative estimate of drug-likeness (QED) is 0.765. The lowest BCUT2D eigenvalue weighted by atomic mass is 10.3. The Bertz CT molecular complexity index is 319. The highest BCUT2D eigenvalue weighted by atomic mass is 32.1. The van der Waals surface area contributed by atoms with E-state index in [2.05, 4.69) is 0 Å². The largest absolute Gasteiger partial charge is 0.477 e. The highest BCUT2D eigenvalue weighted by molar-refractivity contribution is 7.14. The van der Waals surface area contributed by atoms with Gasteiger partial charge in [0.1, 0.15) is 5.75 Å². The average molecular weight is 216 g/mol. The van der Waals surface area contributed by atoms with E-state index in [1.807, 2.05) is 6.92 Å². The molecule has 0 saturated carbocycles. The second-order valence-corrected chi connectivity index (χ2v) is 3.75. The number of hydrogen-bond acceptors (Lipinski definition) is 4. The van der Waals surface area contributed by atoms with Crippen LogP contribution in [0.5, 0.6) is 5.75 Å². The van der Waals surface area contributed by atoms with Crippen molar-refractivity contribution in [1.82, 2.24) is 0 Å². The molecule has 0 aromatic carbocycles. The molecule has 4 nitrogen and oxygen atoms in total. The van der Waals surface area contributed by atoms with E-state index >= 15 is 0 Å². The maximum Gasteiger partial charge on any atom is 0.349 e. The molecule has 0 saturated heterocycles. The fourth-order valence-electron chi connectivity index (χ4n) is 0.976. The van der Waals surface area contributed by atoms with Crippen LogP contribution >= 0.6 is 11.3 Å². The lowest BCUT2D eigenvalue weighted by Gasteiger charge is -2.02. The van der Waals surface area contributed by atoms with Crippen LogP contribution in [0.1, 0.15) is 21.5 Å². The second-order valence-electron chi connectivity index (χ2n) is 2.62. The third-order valence-corrected chi connectivity index (χ3v) is 2.87. The first-order valence-corrected chi connectivity index (χ1v) is 4.98. The van der Waals surface area contributed by atoms with Gasteiger partial charge in [-0.2, -0.15) is 0 Å². The van der Waals surface area contributed by atoms with Gasteiger partial charge in [0.2, 0.25) is 0 Å². The van der Waals surface area contributed by atoms with E-state index in [-0.39, 0.29) is 11.7 Å². The summed E-state index contributed by atoms with van der Waals surface area (Å²) in [6.45, 7) is 2.04. The Morgan fingerprint density at radius 3 is 2.86 bits per heavy atom. The van der Waals surface area contributed by atoms with Crippen molar-refractivity contribution in [2.45, 2.75) is 13.3 Å². The molecule has 0 aliphatic carbocycles. The predicted octanol–water partition coefficient (Wildman–Crippen LogP) is 1.99. The summed E-state index contributed by atoms with van der Waals surface area (Å²) in [6.07, 6.45) is 0.807. The van der Waals surface area contributed by atoms with Gasteiger partial charge >= 0.3 is 5.97 Å². The standard InChI is InChI=1S/C9H12O4S/c1-3-6-4-7(13-5-12-2)8(14-6)9(10)11/h4H,3,5H2,1-2H3,(H,10,11). The lowest BCUT2D eigenvalue weighted by Crippen LogP contribution is -2.02. The molecule has 0 amide bonds. The molecule has 1 heterocycles. The van der Waals surface area contributed by atoms with Crippen molar-refractivity contribution in [3.8, 4) is 5.75 Å². The zero-order valence-corrected chi connectivity index (χ0v) is 8.89. The van der Waals surface area contributed by atoms with Gasteiger partial charge in [-0.15, -0.1) is 11.3 Å². The fraction of sp³-hybridized carbons (Fsp3) is 0.444. The van der Waals surface area contributed by atoms with Gasteiger partial charge < -0.3 is 14.6 Å². The molecule has 78 valence electrons. The molecule has 0 fully saturated rings. The molecular weight excluding hydrogens is 204 g/mol. The number of aryl methyl sites for hydroxylation is 1. The van der Waals surface area contributed by atoms with Gasteiger partial charge in [0.15, 0.2) is 11.7 Å². The van der Waals surface area contributed by atoms with Crippen LogP contribution in [-0.4, -0.2) is 25.0 Å². The molecule has 0 unspecified atom stereocenters. The summed E-state index contributed by atoms with van der Waals surface area (Å²) in [5.74, 6) is -0.568. The number of rotatable bonds is 5. The Morgan fingerprint density at radius 2 is 2.36 bits per heavy atom. The Balaban J connectivity index is 2.88. The van der Waals surface area contributed by atoms with E-state index in [1.165, 1.54) is 18.4 Å².